The molecule has 20 heavy (non-hydrogen) atoms. The van der Waals surface area contributed by atoms with Crippen LogP contribution in [-0.4, -0.2) is 60.1 Å². The fourth-order valence-electron chi connectivity index (χ4n) is 2.14. The second-order valence-electron chi connectivity index (χ2n) is 5.20. The Hall–Kier alpha value is -1.67. The van der Waals surface area contributed by atoms with E-state index in [9.17, 15) is 0 Å². The molecule has 0 spiro atoms. The summed E-state index contributed by atoms with van der Waals surface area (Å²) in [6.45, 7) is 3.67. The van der Waals surface area contributed by atoms with Crippen molar-refractivity contribution >= 4 is 17.8 Å². The molecule has 1 aromatic rings. The van der Waals surface area contributed by atoms with Gasteiger partial charge >= 0.3 is 0 Å². The molecule has 8 heteroatoms. The number of hydrazine groups is 1. The van der Waals surface area contributed by atoms with Gasteiger partial charge < -0.3 is 15.1 Å². The summed E-state index contributed by atoms with van der Waals surface area (Å²) < 4.78 is 0. The van der Waals surface area contributed by atoms with Crippen LogP contribution in [0, 0.1) is 0 Å². The molecular formula is C12H24N8. The molecule has 8 nitrogen and oxygen atoms in total. The van der Waals surface area contributed by atoms with Crippen molar-refractivity contribution < 1.29 is 0 Å². The quantitative estimate of drug-likeness (QED) is 0.499. The Balaban J connectivity index is 2.06. The zero-order chi connectivity index (χ0) is 14.4. The van der Waals surface area contributed by atoms with Gasteiger partial charge in [-0.15, -0.1) is 0 Å². The maximum atomic E-state index is 5.44. The van der Waals surface area contributed by atoms with Crippen LogP contribution in [0.4, 0.5) is 17.8 Å². The molecular weight excluding hydrogens is 256 g/mol. The second kappa shape index (κ2) is 7.20. The van der Waals surface area contributed by atoms with Crippen molar-refractivity contribution in [1.82, 2.24) is 19.9 Å². The van der Waals surface area contributed by atoms with Crippen molar-refractivity contribution in [1.29, 1.82) is 0 Å². The minimum absolute atomic E-state index is 0.396. The number of nitrogen functional groups attached to an aromatic ring is 1. The number of nitrogens with two attached hydrogens (primary N) is 1. The molecule has 1 aliphatic heterocycles. The van der Waals surface area contributed by atoms with E-state index in [1.807, 2.05) is 14.1 Å². The largest absolute Gasteiger partial charge is 0.353 e. The van der Waals surface area contributed by atoms with E-state index in [-0.39, 0.29) is 0 Å². The first-order valence-corrected chi connectivity index (χ1v) is 7.05. The fourth-order valence-corrected chi connectivity index (χ4v) is 2.14. The van der Waals surface area contributed by atoms with Gasteiger partial charge in [0, 0.05) is 26.2 Å². The highest BCUT2D eigenvalue weighted by Gasteiger charge is 2.15. The van der Waals surface area contributed by atoms with E-state index in [0.717, 1.165) is 26.2 Å². The summed E-state index contributed by atoms with van der Waals surface area (Å²) >= 11 is 0. The summed E-state index contributed by atoms with van der Waals surface area (Å²) in [5.74, 6) is 7.09. The van der Waals surface area contributed by atoms with Crippen LogP contribution >= 0.6 is 0 Å². The van der Waals surface area contributed by atoms with Crippen LogP contribution in [0.15, 0.2) is 0 Å². The minimum Gasteiger partial charge on any atom is -0.353 e. The summed E-state index contributed by atoms with van der Waals surface area (Å²) in [4.78, 5) is 17.3. The van der Waals surface area contributed by atoms with E-state index in [4.69, 9.17) is 5.84 Å². The number of anilines is 3. The van der Waals surface area contributed by atoms with E-state index in [1.54, 1.807) is 0 Å². The van der Waals surface area contributed by atoms with Gasteiger partial charge in [-0.05, 0) is 33.4 Å². The number of nitrogens with one attached hydrogen (secondary N) is 2. The molecule has 0 aliphatic carbocycles. The maximum absolute atomic E-state index is 5.44. The minimum atomic E-state index is 0.396. The first kappa shape index (κ1) is 14.7. The molecule has 2 rings (SSSR count). The monoisotopic (exact) mass is 280 g/mol. The molecule has 1 aliphatic rings. The van der Waals surface area contributed by atoms with E-state index in [1.165, 1.54) is 19.3 Å². The lowest BCUT2D eigenvalue weighted by molar-refractivity contribution is 0.425. The number of likely N-dealkylation sites (N-methyl/N-ethyl adjacent to an activating group) is 1. The van der Waals surface area contributed by atoms with Crippen LogP contribution in [0.3, 0.4) is 0 Å². The van der Waals surface area contributed by atoms with Crippen molar-refractivity contribution in [2.45, 2.75) is 19.3 Å². The van der Waals surface area contributed by atoms with E-state index < -0.39 is 0 Å². The van der Waals surface area contributed by atoms with E-state index in [2.05, 4.69) is 35.5 Å². The first-order chi connectivity index (χ1) is 9.69. The SMILES string of the molecule is CN(C)CCNc1nc(NN)nc(N2CCCCC2)n1. The second-order valence-corrected chi connectivity index (χ2v) is 5.20. The lowest BCUT2D eigenvalue weighted by Gasteiger charge is -2.26. The highest BCUT2D eigenvalue weighted by Crippen LogP contribution is 2.17. The van der Waals surface area contributed by atoms with Crippen LogP contribution in [0.25, 0.3) is 0 Å². The molecule has 1 saturated heterocycles. The average Bonchev–Trinajstić information content (AvgIpc) is 2.47. The van der Waals surface area contributed by atoms with Gasteiger partial charge in [0.25, 0.3) is 0 Å². The smallest absolute Gasteiger partial charge is 0.243 e. The Morgan fingerprint density at radius 2 is 1.80 bits per heavy atom. The summed E-state index contributed by atoms with van der Waals surface area (Å²) in [7, 11) is 4.06. The van der Waals surface area contributed by atoms with Gasteiger partial charge in [0.15, 0.2) is 0 Å². The normalized spacial score (nSPS) is 15.5. The van der Waals surface area contributed by atoms with Crippen molar-refractivity contribution in [3.05, 3.63) is 0 Å². The van der Waals surface area contributed by atoms with Gasteiger partial charge in [-0.1, -0.05) is 0 Å². The Morgan fingerprint density at radius 1 is 1.10 bits per heavy atom. The van der Waals surface area contributed by atoms with Crippen molar-refractivity contribution in [2.75, 3.05) is 55.9 Å². The number of hydrogen-bond acceptors (Lipinski definition) is 8. The predicted molar refractivity (Wildman–Crippen MR) is 80.7 cm³/mol. The molecule has 0 atom stereocenters. The molecule has 1 aromatic heterocycles. The summed E-state index contributed by atoms with van der Waals surface area (Å²) in [6, 6.07) is 0. The Labute approximate surface area is 119 Å². The summed E-state index contributed by atoms with van der Waals surface area (Å²) in [5.41, 5.74) is 2.51. The van der Waals surface area contributed by atoms with Gasteiger partial charge in [-0.3, -0.25) is 5.43 Å². The lowest BCUT2D eigenvalue weighted by Crippen LogP contribution is -2.32. The molecule has 112 valence electrons. The third-order valence-corrected chi connectivity index (χ3v) is 3.23. The van der Waals surface area contributed by atoms with Crippen LogP contribution in [0.5, 0.6) is 0 Å². The number of aromatic nitrogens is 3. The van der Waals surface area contributed by atoms with Gasteiger partial charge in [0.1, 0.15) is 0 Å². The molecule has 1 fully saturated rings. The molecule has 0 amide bonds. The molecule has 2 heterocycles. The Kier molecular flexibility index (Phi) is 5.31. The molecule has 0 unspecified atom stereocenters. The zero-order valence-corrected chi connectivity index (χ0v) is 12.3. The topological polar surface area (TPSA) is 95.2 Å². The van der Waals surface area contributed by atoms with Crippen molar-refractivity contribution in [3.8, 4) is 0 Å². The lowest BCUT2D eigenvalue weighted by atomic mass is 10.1. The highest BCUT2D eigenvalue weighted by molar-refractivity contribution is 5.43. The fraction of sp³-hybridized carbons (Fsp3) is 0.750. The molecule has 4 N–H and O–H groups in total. The molecule has 0 saturated carbocycles. The van der Waals surface area contributed by atoms with Crippen LogP contribution in [0.2, 0.25) is 0 Å². The maximum Gasteiger partial charge on any atom is 0.243 e. The van der Waals surface area contributed by atoms with Crippen molar-refractivity contribution in [3.63, 3.8) is 0 Å². The zero-order valence-electron chi connectivity index (χ0n) is 12.3. The van der Waals surface area contributed by atoms with Gasteiger partial charge in [0.2, 0.25) is 17.8 Å². The Morgan fingerprint density at radius 3 is 2.45 bits per heavy atom. The third kappa shape index (κ3) is 4.17. The highest BCUT2D eigenvalue weighted by atomic mass is 15.4. The van der Waals surface area contributed by atoms with Gasteiger partial charge in [-0.2, -0.15) is 15.0 Å². The third-order valence-electron chi connectivity index (χ3n) is 3.23. The number of rotatable bonds is 6. The van der Waals surface area contributed by atoms with Gasteiger partial charge in [-0.25, -0.2) is 5.84 Å². The number of hydrogen-bond donors (Lipinski definition) is 3. The van der Waals surface area contributed by atoms with Crippen LogP contribution in [0.1, 0.15) is 19.3 Å². The predicted octanol–water partition coefficient (Wildman–Crippen LogP) is 0.121. The first-order valence-electron chi connectivity index (χ1n) is 7.05. The van der Waals surface area contributed by atoms with Crippen LogP contribution < -0.4 is 21.5 Å². The summed E-state index contributed by atoms with van der Waals surface area (Å²) in [6.07, 6.45) is 3.64. The standard InChI is InChI=1S/C12H24N8/c1-19(2)9-6-14-10-15-11(18-13)17-12(16-10)20-7-4-3-5-8-20/h3-9,13H2,1-2H3,(H2,14,15,16,17,18). The number of piperidine rings is 1. The van der Waals surface area contributed by atoms with E-state index in [0.29, 0.717) is 17.8 Å². The van der Waals surface area contributed by atoms with Crippen LogP contribution in [-0.2, 0) is 0 Å². The number of nitrogens with zero attached hydrogens (tertiary/aromatic N) is 5. The molecule has 0 aromatic carbocycles. The van der Waals surface area contributed by atoms with E-state index >= 15 is 0 Å². The van der Waals surface area contributed by atoms with Crippen molar-refractivity contribution in [2.24, 2.45) is 5.84 Å². The summed E-state index contributed by atoms with van der Waals surface area (Å²) in [5, 5.41) is 3.20. The molecule has 0 bridgehead atoms. The Bertz CT molecular complexity index is 416. The average molecular weight is 280 g/mol. The molecule has 0 radical (unpaired) electrons. The van der Waals surface area contributed by atoms with Gasteiger partial charge in [0.05, 0.1) is 0 Å².